The zero-order chi connectivity index (χ0) is 24.4. The van der Waals surface area contributed by atoms with Gasteiger partial charge in [-0.2, -0.15) is 0 Å². The van der Waals surface area contributed by atoms with Gasteiger partial charge in [0.2, 0.25) is 0 Å². The third-order valence-electron chi connectivity index (χ3n) is 6.18. The first kappa shape index (κ1) is 25.6. The highest BCUT2D eigenvalue weighted by Crippen LogP contribution is 2.32. The second-order valence-electron chi connectivity index (χ2n) is 12.1. The van der Waals surface area contributed by atoms with Crippen molar-refractivity contribution >= 4 is 31.0 Å². The lowest BCUT2D eigenvalue weighted by Crippen LogP contribution is -2.36. The second-order valence-corrected chi connectivity index (χ2v) is 17.7. The van der Waals surface area contributed by atoms with Crippen molar-refractivity contribution in [3.63, 3.8) is 0 Å². The van der Waals surface area contributed by atoms with Gasteiger partial charge in [-0.25, -0.2) is 9.97 Å². The van der Waals surface area contributed by atoms with Gasteiger partial charge >= 0.3 is 0 Å². The standard InChI is InChI=1S/C24H41N5O3Si/c1-23(2)8-9-28(15-23)19-12-25-21-20(27-19)18(22(31)26-14-24(3,4)16-30)13-29(21)17-32-10-11-33(5,6)7/h12-13,30H,8-11,14-17H2,1-7H3,(H,26,31). The predicted molar refractivity (Wildman–Crippen MR) is 135 cm³/mol. The highest BCUT2D eigenvalue weighted by molar-refractivity contribution is 6.76. The van der Waals surface area contributed by atoms with Crippen LogP contribution in [-0.4, -0.2) is 66.5 Å². The molecule has 1 amide bonds. The summed E-state index contributed by atoms with van der Waals surface area (Å²) in [7, 11) is -1.18. The summed E-state index contributed by atoms with van der Waals surface area (Å²) in [5.41, 5.74) is 1.57. The fraction of sp³-hybridized carbons (Fsp3) is 0.708. The Balaban J connectivity index is 1.87. The molecule has 0 aromatic carbocycles. The first-order chi connectivity index (χ1) is 15.3. The molecule has 0 spiro atoms. The van der Waals surface area contributed by atoms with Gasteiger partial charge in [0.1, 0.15) is 18.1 Å². The van der Waals surface area contributed by atoms with E-state index in [0.29, 0.717) is 36.6 Å². The number of ether oxygens (including phenoxy) is 1. The monoisotopic (exact) mass is 475 g/mol. The van der Waals surface area contributed by atoms with Crippen LogP contribution < -0.4 is 10.2 Å². The Morgan fingerprint density at radius 1 is 1.33 bits per heavy atom. The van der Waals surface area contributed by atoms with Gasteiger partial charge in [0.05, 0.1) is 11.8 Å². The Labute approximate surface area is 198 Å². The number of nitrogens with one attached hydrogen (secondary N) is 1. The maximum absolute atomic E-state index is 13.1. The van der Waals surface area contributed by atoms with Gasteiger partial charge in [0.15, 0.2) is 5.65 Å². The van der Waals surface area contributed by atoms with Gasteiger partial charge in [-0.15, -0.1) is 0 Å². The summed E-state index contributed by atoms with van der Waals surface area (Å²) in [6.45, 7) is 18.6. The molecule has 2 aromatic rings. The number of aromatic nitrogens is 3. The van der Waals surface area contributed by atoms with Gasteiger partial charge in [-0.1, -0.05) is 47.3 Å². The Morgan fingerprint density at radius 3 is 2.67 bits per heavy atom. The molecular weight excluding hydrogens is 434 g/mol. The Hall–Kier alpha value is -1.97. The molecule has 2 N–H and O–H groups in total. The normalized spacial score (nSPS) is 16.5. The van der Waals surface area contributed by atoms with E-state index < -0.39 is 13.5 Å². The molecule has 0 aliphatic carbocycles. The van der Waals surface area contributed by atoms with Gasteiger partial charge in [0.25, 0.3) is 5.91 Å². The number of rotatable bonds is 10. The lowest BCUT2D eigenvalue weighted by Gasteiger charge is -2.21. The molecule has 3 rings (SSSR count). The van der Waals surface area contributed by atoms with E-state index in [0.717, 1.165) is 31.4 Å². The highest BCUT2D eigenvalue weighted by Gasteiger charge is 2.31. The molecule has 0 radical (unpaired) electrons. The largest absolute Gasteiger partial charge is 0.396 e. The van der Waals surface area contributed by atoms with Crippen molar-refractivity contribution < 1.29 is 14.6 Å². The molecule has 0 unspecified atom stereocenters. The lowest BCUT2D eigenvalue weighted by molar-refractivity contribution is 0.0883. The number of anilines is 1. The first-order valence-corrected chi connectivity index (χ1v) is 15.6. The summed E-state index contributed by atoms with van der Waals surface area (Å²) in [6, 6.07) is 1.08. The van der Waals surface area contributed by atoms with Crippen molar-refractivity contribution in [2.75, 3.05) is 37.7 Å². The quantitative estimate of drug-likeness (QED) is 0.402. The van der Waals surface area contributed by atoms with E-state index in [9.17, 15) is 9.90 Å². The van der Waals surface area contributed by atoms with Crippen LogP contribution in [0.2, 0.25) is 25.7 Å². The third-order valence-corrected chi connectivity index (χ3v) is 7.89. The Morgan fingerprint density at radius 2 is 2.06 bits per heavy atom. The van der Waals surface area contributed by atoms with Crippen LogP contribution in [0.15, 0.2) is 12.4 Å². The summed E-state index contributed by atoms with van der Waals surface area (Å²) in [6.07, 6.45) is 4.69. The van der Waals surface area contributed by atoms with E-state index in [4.69, 9.17) is 14.7 Å². The average Bonchev–Trinajstić information content (AvgIpc) is 3.28. The molecule has 1 aliphatic heterocycles. The van der Waals surface area contributed by atoms with Crippen LogP contribution in [0.1, 0.15) is 44.5 Å². The summed E-state index contributed by atoms with van der Waals surface area (Å²) >= 11 is 0. The molecule has 9 heteroatoms. The number of nitrogens with zero attached hydrogens (tertiary/aromatic N) is 4. The van der Waals surface area contributed by atoms with E-state index in [2.05, 4.69) is 43.7 Å². The second kappa shape index (κ2) is 9.72. The van der Waals surface area contributed by atoms with Crippen LogP contribution in [0.4, 0.5) is 5.82 Å². The molecular formula is C24H41N5O3Si. The Kier molecular flexibility index (Phi) is 7.55. The Bertz CT molecular complexity index is 980. The van der Waals surface area contributed by atoms with Crippen LogP contribution >= 0.6 is 0 Å². The van der Waals surface area contributed by atoms with Gasteiger partial charge in [-0.05, 0) is 17.9 Å². The van der Waals surface area contributed by atoms with Crippen molar-refractivity contribution in [1.29, 1.82) is 0 Å². The van der Waals surface area contributed by atoms with Crippen molar-refractivity contribution in [2.45, 2.75) is 66.5 Å². The van der Waals surface area contributed by atoms with Crippen molar-refractivity contribution in [1.82, 2.24) is 19.9 Å². The number of aliphatic hydroxyl groups excluding tert-OH is 1. The smallest absolute Gasteiger partial charge is 0.255 e. The zero-order valence-corrected chi connectivity index (χ0v) is 22.4. The van der Waals surface area contributed by atoms with Crippen LogP contribution in [0.3, 0.4) is 0 Å². The molecule has 8 nitrogen and oxygen atoms in total. The van der Waals surface area contributed by atoms with E-state index in [1.54, 1.807) is 12.4 Å². The van der Waals surface area contributed by atoms with Crippen LogP contribution in [0, 0.1) is 10.8 Å². The van der Waals surface area contributed by atoms with E-state index in [1.165, 1.54) is 0 Å². The van der Waals surface area contributed by atoms with E-state index in [-0.39, 0.29) is 17.9 Å². The topological polar surface area (TPSA) is 92.5 Å². The average molecular weight is 476 g/mol. The van der Waals surface area contributed by atoms with Gasteiger partial charge in [0, 0.05) is 52.5 Å². The van der Waals surface area contributed by atoms with Crippen LogP contribution in [-0.2, 0) is 11.5 Å². The van der Waals surface area contributed by atoms with Crippen LogP contribution in [0.25, 0.3) is 11.2 Å². The molecule has 33 heavy (non-hydrogen) atoms. The number of carbonyl (C=O) groups excluding carboxylic acids is 1. The number of hydrogen-bond donors (Lipinski definition) is 2. The van der Waals surface area contributed by atoms with E-state index in [1.807, 2.05) is 18.4 Å². The minimum Gasteiger partial charge on any atom is -0.396 e. The fourth-order valence-corrected chi connectivity index (χ4v) is 4.54. The molecule has 2 aromatic heterocycles. The van der Waals surface area contributed by atoms with E-state index >= 15 is 0 Å². The van der Waals surface area contributed by atoms with Gasteiger partial charge < -0.3 is 24.6 Å². The summed E-state index contributed by atoms with van der Waals surface area (Å²) in [5.74, 6) is 0.589. The molecule has 184 valence electrons. The minimum atomic E-state index is -1.18. The number of fused-ring (bicyclic) bond motifs is 1. The minimum absolute atomic E-state index is 0.00529. The lowest BCUT2D eigenvalue weighted by atomic mass is 9.93. The van der Waals surface area contributed by atoms with Crippen molar-refractivity contribution in [3.05, 3.63) is 18.0 Å². The number of aliphatic hydroxyl groups is 1. The molecule has 1 saturated heterocycles. The molecule has 1 fully saturated rings. The number of carbonyl (C=O) groups is 1. The molecule has 1 aliphatic rings. The molecule has 0 bridgehead atoms. The summed E-state index contributed by atoms with van der Waals surface area (Å²) in [5, 5.41) is 12.5. The predicted octanol–water partition coefficient (Wildman–Crippen LogP) is 3.73. The summed E-state index contributed by atoms with van der Waals surface area (Å²) in [4.78, 5) is 24.9. The first-order valence-electron chi connectivity index (χ1n) is 11.9. The molecule has 3 heterocycles. The molecule has 0 saturated carbocycles. The molecule has 0 atom stereocenters. The van der Waals surface area contributed by atoms with Crippen LogP contribution in [0.5, 0.6) is 0 Å². The number of amides is 1. The van der Waals surface area contributed by atoms with Crippen molar-refractivity contribution in [3.8, 4) is 0 Å². The third kappa shape index (κ3) is 6.77. The fourth-order valence-electron chi connectivity index (χ4n) is 3.78. The van der Waals surface area contributed by atoms with Crippen molar-refractivity contribution in [2.24, 2.45) is 10.8 Å². The summed E-state index contributed by atoms with van der Waals surface area (Å²) < 4.78 is 7.81. The maximum atomic E-state index is 13.1. The SMILES string of the molecule is CC(C)(CO)CNC(=O)c1cn(COCC[Si](C)(C)C)c2ncc(N3CCC(C)(C)C3)nc12. The zero-order valence-electron chi connectivity index (χ0n) is 21.4. The maximum Gasteiger partial charge on any atom is 0.255 e. The van der Waals surface area contributed by atoms with Gasteiger partial charge in [-0.3, -0.25) is 4.79 Å². The highest BCUT2D eigenvalue weighted by atomic mass is 28.3. The number of hydrogen-bond acceptors (Lipinski definition) is 6.